The van der Waals surface area contributed by atoms with E-state index in [1.807, 2.05) is 12.1 Å². The second-order valence-electron chi connectivity index (χ2n) is 6.46. The van der Waals surface area contributed by atoms with Gasteiger partial charge in [0.15, 0.2) is 5.82 Å². The van der Waals surface area contributed by atoms with E-state index in [0.29, 0.717) is 23.4 Å². The molecule has 9 heteroatoms. The van der Waals surface area contributed by atoms with Crippen molar-refractivity contribution in [1.29, 1.82) is 0 Å². The molecule has 4 N–H and O–H groups in total. The van der Waals surface area contributed by atoms with E-state index in [1.54, 1.807) is 34.3 Å². The molecule has 0 unspecified atom stereocenters. The number of primary amides is 1. The molecule has 8 nitrogen and oxygen atoms in total. The van der Waals surface area contributed by atoms with Crippen LogP contribution in [0, 0.1) is 0 Å². The summed E-state index contributed by atoms with van der Waals surface area (Å²) < 4.78 is 1.65. The van der Waals surface area contributed by atoms with E-state index in [2.05, 4.69) is 27.2 Å². The van der Waals surface area contributed by atoms with Gasteiger partial charge in [-0.25, -0.2) is 4.98 Å². The maximum absolute atomic E-state index is 11.7. The number of rotatable bonds is 5. The molecule has 1 aliphatic rings. The van der Waals surface area contributed by atoms with Crippen molar-refractivity contribution in [3.63, 3.8) is 0 Å². The number of amides is 1. The number of benzene rings is 1. The smallest absolute Gasteiger partial charge is 0.253 e. The molecule has 4 heterocycles. The average molecular weight is 391 g/mol. The lowest BCUT2D eigenvalue weighted by Crippen LogP contribution is -2.11. The van der Waals surface area contributed by atoms with E-state index in [9.17, 15) is 4.79 Å². The van der Waals surface area contributed by atoms with Crippen molar-refractivity contribution in [2.45, 2.75) is 13.0 Å². The normalized spacial score (nSPS) is 12.7. The summed E-state index contributed by atoms with van der Waals surface area (Å²) in [5, 5.41) is 13.9. The van der Waals surface area contributed by atoms with Crippen LogP contribution in [0.15, 0.2) is 41.9 Å². The SMILES string of the molecule is NC(=O)c1cccc2c1cnn2-c1nc2c(c(NCc3cccs3)n1)NCC2. The van der Waals surface area contributed by atoms with Crippen LogP contribution in [0.1, 0.15) is 20.9 Å². The molecule has 28 heavy (non-hydrogen) atoms. The zero-order valence-electron chi connectivity index (χ0n) is 14.8. The lowest BCUT2D eigenvalue weighted by atomic mass is 10.1. The molecule has 1 amide bonds. The van der Waals surface area contributed by atoms with Crippen molar-refractivity contribution in [1.82, 2.24) is 19.7 Å². The number of hydrogen-bond acceptors (Lipinski definition) is 7. The van der Waals surface area contributed by atoms with E-state index in [4.69, 9.17) is 15.7 Å². The Hall–Kier alpha value is -3.46. The first-order chi connectivity index (χ1) is 13.7. The second kappa shape index (κ2) is 6.61. The Kier molecular flexibility index (Phi) is 3.94. The van der Waals surface area contributed by atoms with Gasteiger partial charge < -0.3 is 16.4 Å². The van der Waals surface area contributed by atoms with Crippen molar-refractivity contribution in [3.8, 4) is 5.95 Å². The van der Waals surface area contributed by atoms with Gasteiger partial charge in [-0.3, -0.25) is 4.79 Å². The Labute approximate surface area is 164 Å². The van der Waals surface area contributed by atoms with E-state index in [1.165, 1.54) is 4.88 Å². The highest BCUT2D eigenvalue weighted by Crippen LogP contribution is 2.30. The molecular formula is C19H17N7OS. The van der Waals surface area contributed by atoms with Gasteiger partial charge in [0.1, 0.15) is 0 Å². The highest BCUT2D eigenvalue weighted by Gasteiger charge is 2.21. The van der Waals surface area contributed by atoms with Crippen LogP contribution < -0.4 is 16.4 Å². The molecule has 0 radical (unpaired) electrons. The van der Waals surface area contributed by atoms with Crippen molar-refractivity contribution in [2.75, 3.05) is 17.2 Å². The zero-order chi connectivity index (χ0) is 19.1. The lowest BCUT2D eigenvalue weighted by Gasteiger charge is -2.12. The summed E-state index contributed by atoms with van der Waals surface area (Å²) >= 11 is 1.70. The maximum Gasteiger partial charge on any atom is 0.253 e. The highest BCUT2D eigenvalue weighted by molar-refractivity contribution is 7.09. The van der Waals surface area contributed by atoms with Gasteiger partial charge in [-0.1, -0.05) is 12.1 Å². The summed E-state index contributed by atoms with van der Waals surface area (Å²) in [4.78, 5) is 22.3. The van der Waals surface area contributed by atoms with Gasteiger partial charge in [0.05, 0.1) is 35.2 Å². The van der Waals surface area contributed by atoms with Crippen LogP contribution in [0.2, 0.25) is 0 Å². The molecule has 4 aromatic rings. The molecule has 0 bridgehead atoms. The number of hydrogen-bond donors (Lipinski definition) is 3. The molecule has 0 saturated heterocycles. The van der Waals surface area contributed by atoms with E-state index < -0.39 is 5.91 Å². The number of fused-ring (bicyclic) bond motifs is 2. The van der Waals surface area contributed by atoms with Gasteiger partial charge >= 0.3 is 0 Å². The lowest BCUT2D eigenvalue weighted by molar-refractivity contribution is 0.100. The molecular weight excluding hydrogens is 374 g/mol. The molecule has 0 atom stereocenters. The number of nitrogens with two attached hydrogens (primary N) is 1. The standard InChI is InChI=1S/C19H17N7OS/c20-17(27)12-4-1-5-15-13(12)10-23-26(15)19-24-14-6-7-21-16(14)18(25-19)22-9-11-3-2-8-28-11/h1-5,8,10,21H,6-7,9H2,(H2,20,27)(H,22,24,25). The van der Waals surface area contributed by atoms with Gasteiger partial charge in [0.25, 0.3) is 5.95 Å². The summed E-state index contributed by atoms with van der Waals surface area (Å²) in [7, 11) is 0. The maximum atomic E-state index is 11.7. The zero-order valence-corrected chi connectivity index (χ0v) is 15.7. The second-order valence-corrected chi connectivity index (χ2v) is 7.49. The summed E-state index contributed by atoms with van der Waals surface area (Å²) in [6, 6.07) is 9.47. The summed E-state index contributed by atoms with van der Waals surface area (Å²) in [6.07, 6.45) is 2.45. The van der Waals surface area contributed by atoms with Crippen LogP contribution in [-0.4, -0.2) is 32.2 Å². The first-order valence-corrected chi connectivity index (χ1v) is 9.76. The van der Waals surface area contributed by atoms with Gasteiger partial charge in [-0.15, -0.1) is 11.3 Å². The number of carbonyl (C=O) groups is 1. The molecule has 1 aliphatic heterocycles. The minimum atomic E-state index is -0.484. The van der Waals surface area contributed by atoms with Crippen molar-refractivity contribution in [3.05, 3.63) is 58.0 Å². The van der Waals surface area contributed by atoms with Gasteiger partial charge in [0.2, 0.25) is 5.91 Å². The topological polar surface area (TPSA) is 111 Å². The number of nitrogens with zero attached hydrogens (tertiary/aromatic N) is 4. The molecule has 5 rings (SSSR count). The van der Waals surface area contributed by atoms with Crippen molar-refractivity contribution in [2.24, 2.45) is 5.73 Å². The highest BCUT2D eigenvalue weighted by atomic mass is 32.1. The first-order valence-electron chi connectivity index (χ1n) is 8.88. The molecule has 0 spiro atoms. The van der Waals surface area contributed by atoms with E-state index in [-0.39, 0.29) is 0 Å². The minimum Gasteiger partial charge on any atom is -0.380 e. The third kappa shape index (κ3) is 2.76. The van der Waals surface area contributed by atoms with E-state index >= 15 is 0 Å². The largest absolute Gasteiger partial charge is 0.380 e. The Bertz CT molecular complexity index is 1180. The van der Waals surface area contributed by atoms with Crippen LogP contribution >= 0.6 is 11.3 Å². The third-order valence-corrected chi connectivity index (χ3v) is 5.59. The Morgan fingerprint density at radius 2 is 2.21 bits per heavy atom. The van der Waals surface area contributed by atoms with Gasteiger partial charge in [0, 0.05) is 23.2 Å². The number of thiophene rings is 1. The van der Waals surface area contributed by atoms with Gasteiger partial charge in [-0.2, -0.15) is 14.8 Å². The van der Waals surface area contributed by atoms with Crippen LogP contribution in [0.3, 0.4) is 0 Å². The van der Waals surface area contributed by atoms with Crippen LogP contribution in [0.5, 0.6) is 0 Å². The molecule has 0 aliphatic carbocycles. The van der Waals surface area contributed by atoms with E-state index in [0.717, 1.165) is 35.7 Å². The summed E-state index contributed by atoms with van der Waals surface area (Å²) in [5.74, 6) is 0.732. The fourth-order valence-electron chi connectivity index (χ4n) is 3.40. The monoisotopic (exact) mass is 391 g/mol. The minimum absolute atomic E-state index is 0.433. The molecule has 3 aromatic heterocycles. The number of nitrogens with one attached hydrogen (secondary N) is 2. The third-order valence-electron chi connectivity index (χ3n) is 4.71. The van der Waals surface area contributed by atoms with Crippen LogP contribution in [0.4, 0.5) is 11.5 Å². The molecule has 0 fully saturated rings. The molecule has 1 aromatic carbocycles. The predicted molar refractivity (Wildman–Crippen MR) is 109 cm³/mol. The average Bonchev–Trinajstić information content (AvgIpc) is 3.45. The first kappa shape index (κ1) is 16.7. The van der Waals surface area contributed by atoms with Gasteiger partial charge in [-0.05, 0) is 23.6 Å². The van der Waals surface area contributed by atoms with Crippen LogP contribution in [-0.2, 0) is 13.0 Å². The Morgan fingerprint density at radius 1 is 1.29 bits per heavy atom. The van der Waals surface area contributed by atoms with Crippen molar-refractivity contribution < 1.29 is 4.79 Å². The van der Waals surface area contributed by atoms with Crippen molar-refractivity contribution >= 4 is 39.7 Å². The summed E-state index contributed by atoms with van der Waals surface area (Å²) in [6.45, 7) is 1.51. The Balaban J connectivity index is 1.59. The Morgan fingerprint density at radius 3 is 3.04 bits per heavy atom. The number of anilines is 2. The predicted octanol–water partition coefficient (Wildman–Crippen LogP) is 2.56. The molecule has 0 saturated carbocycles. The summed E-state index contributed by atoms with van der Waals surface area (Å²) in [5.41, 5.74) is 8.55. The van der Waals surface area contributed by atoms with Crippen LogP contribution in [0.25, 0.3) is 16.9 Å². The number of aromatic nitrogens is 4. The molecule has 140 valence electrons. The number of carbonyl (C=O) groups excluding carboxylic acids is 1. The fourth-order valence-corrected chi connectivity index (χ4v) is 4.04. The fraction of sp³-hybridized carbons (Fsp3) is 0.158. The quantitative estimate of drug-likeness (QED) is 0.482.